The summed E-state index contributed by atoms with van der Waals surface area (Å²) >= 11 is 2.79. The van der Waals surface area contributed by atoms with E-state index in [1.54, 1.807) is 4.57 Å². The highest BCUT2D eigenvalue weighted by Crippen LogP contribution is 2.38. The third kappa shape index (κ3) is 4.18. The van der Waals surface area contributed by atoms with Crippen molar-refractivity contribution in [2.45, 2.75) is 49.6 Å². The Bertz CT molecular complexity index is 1090. The molecule has 1 saturated carbocycles. The first-order chi connectivity index (χ1) is 14.1. The Kier molecular flexibility index (Phi) is 5.91. The van der Waals surface area contributed by atoms with E-state index in [1.807, 2.05) is 49.6 Å². The predicted molar refractivity (Wildman–Crippen MR) is 118 cm³/mol. The number of rotatable bonds is 8. The maximum atomic E-state index is 13.0. The van der Waals surface area contributed by atoms with E-state index in [4.69, 9.17) is 9.72 Å². The van der Waals surface area contributed by atoms with Gasteiger partial charge in [-0.1, -0.05) is 30.8 Å². The minimum Gasteiger partial charge on any atom is -0.492 e. The van der Waals surface area contributed by atoms with E-state index in [0.717, 1.165) is 12.8 Å². The van der Waals surface area contributed by atoms with Gasteiger partial charge in [0, 0.05) is 6.04 Å². The number of ether oxygens (including phenoxy) is 1. The molecule has 2 aromatic heterocycles. The summed E-state index contributed by atoms with van der Waals surface area (Å²) in [6, 6.07) is 9.47. The number of hydrogen-bond donors (Lipinski definition) is 1. The van der Waals surface area contributed by atoms with Crippen LogP contribution in [-0.4, -0.2) is 27.3 Å². The van der Waals surface area contributed by atoms with Gasteiger partial charge >= 0.3 is 0 Å². The van der Waals surface area contributed by atoms with Crippen LogP contribution in [-0.2, 0) is 4.79 Å². The summed E-state index contributed by atoms with van der Waals surface area (Å²) in [5, 5.41) is 5.13. The summed E-state index contributed by atoms with van der Waals surface area (Å²) in [6.45, 7) is 4.40. The van der Waals surface area contributed by atoms with E-state index in [0.29, 0.717) is 39.8 Å². The molecule has 1 atom stereocenters. The molecule has 152 valence electrons. The molecule has 6 nitrogen and oxygen atoms in total. The number of anilines is 1. The molecule has 1 N–H and O–H groups in total. The largest absolute Gasteiger partial charge is 0.492 e. The van der Waals surface area contributed by atoms with Crippen molar-refractivity contribution in [1.82, 2.24) is 9.55 Å². The average molecular weight is 430 g/mol. The molecule has 2 heterocycles. The summed E-state index contributed by atoms with van der Waals surface area (Å²) in [6.07, 6.45) is 2.59. The number of para-hydroxylation sites is 2. The molecule has 1 fully saturated rings. The third-order valence-corrected chi connectivity index (χ3v) is 6.97. The fourth-order valence-electron chi connectivity index (χ4n) is 3.16. The molecule has 1 amide bonds. The highest BCUT2D eigenvalue weighted by molar-refractivity contribution is 8.00. The smallest absolute Gasteiger partial charge is 0.272 e. The van der Waals surface area contributed by atoms with Gasteiger partial charge in [-0.05, 0) is 49.8 Å². The van der Waals surface area contributed by atoms with Crippen LogP contribution in [0.2, 0.25) is 0 Å². The van der Waals surface area contributed by atoms with Crippen LogP contribution < -0.4 is 15.6 Å². The molecule has 4 rings (SSSR count). The van der Waals surface area contributed by atoms with Gasteiger partial charge in [0.15, 0.2) is 5.16 Å². The van der Waals surface area contributed by atoms with Gasteiger partial charge in [0.05, 0.1) is 23.1 Å². The van der Waals surface area contributed by atoms with Crippen LogP contribution >= 0.6 is 23.1 Å². The molecule has 0 saturated heterocycles. The molecule has 3 aromatic rings. The second kappa shape index (κ2) is 8.59. The average Bonchev–Trinajstić information content (AvgIpc) is 3.43. The second-order valence-corrected chi connectivity index (χ2v) is 8.95. The lowest BCUT2D eigenvalue weighted by Gasteiger charge is -2.18. The van der Waals surface area contributed by atoms with E-state index < -0.39 is 0 Å². The van der Waals surface area contributed by atoms with Crippen molar-refractivity contribution in [2.24, 2.45) is 0 Å². The normalized spacial score (nSPS) is 14.7. The van der Waals surface area contributed by atoms with Gasteiger partial charge in [-0.2, -0.15) is 0 Å². The molecule has 1 aliphatic carbocycles. The number of carbonyl (C=O) groups excluding carboxylic acids is 1. The number of amides is 1. The third-order valence-electron chi connectivity index (χ3n) is 4.75. The Hall–Kier alpha value is -2.32. The number of aromatic nitrogens is 2. The molecule has 0 aliphatic heterocycles. The van der Waals surface area contributed by atoms with E-state index >= 15 is 0 Å². The Morgan fingerprint density at radius 3 is 2.86 bits per heavy atom. The molecule has 0 radical (unpaired) electrons. The van der Waals surface area contributed by atoms with Crippen LogP contribution in [0.1, 0.15) is 39.2 Å². The summed E-state index contributed by atoms with van der Waals surface area (Å²) in [7, 11) is 0. The van der Waals surface area contributed by atoms with Crippen molar-refractivity contribution < 1.29 is 9.53 Å². The Morgan fingerprint density at radius 1 is 1.34 bits per heavy atom. The highest BCUT2D eigenvalue weighted by Gasteiger charge is 2.31. The second-order valence-electron chi connectivity index (χ2n) is 6.87. The molecule has 8 heteroatoms. The Morgan fingerprint density at radius 2 is 2.14 bits per heavy atom. The lowest BCUT2D eigenvalue weighted by Crippen LogP contribution is -2.27. The standard InChI is InChI=1S/C21H23N3O3S2/c1-3-17(19(25)22-14-7-5-6-8-16(14)27-4-2)29-21-23-15-11-12-28-18(15)20(26)24(21)13-9-10-13/h5-8,11-13,17H,3-4,9-10H2,1-2H3,(H,22,25)/t17-/m1/s1. The van der Waals surface area contributed by atoms with Crippen LogP contribution in [0.4, 0.5) is 5.69 Å². The fraction of sp³-hybridized carbons (Fsp3) is 0.381. The van der Waals surface area contributed by atoms with E-state index in [1.165, 1.54) is 23.1 Å². The molecule has 1 aliphatic rings. The van der Waals surface area contributed by atoms with Gasteiger partial charge in [0.2, 0.25) is 5.91 Å². The zero-order valence-corrected chi connectivity index (χ0v) is 18.0. The van der Waals surface area contributed by atoms with Crippen molar-refractivity contribution in [3.63, 3.8) is 0 Å². The highest BCUT2D eigenvalue weighted by atomic mass is 32.2. The molecule has 0 spiro atoms. The van der Waals surface area contributed by atoms with Crippen molar-refractivity contribution >= 4 is 44.9 Å². The lowest BCUT2D eigenvalue weighted by molar-refractivity contribution is -0.115. The van der Waals surface area contributed by atoms with E-state index in [9.17, 15) is 9.59 Å². The van der Waals surface area contributed by atoms with Crippen LogP contribution in [0.15, 0.2) is 45.7 Å². The van der Waals surface area contributed by atoms with Crippen LogP contribution in [0.5, 0.6) is 5.75 Å². The summed E-state index contributed by atoms with van der Waals surface area (Å²) in [4.78, 5) is 30.7. The van der Waals surface area contributed by atoms with E-state index in [2.05, 4.69) is 5.32 Å². The molecular formula is C21H23N3O3S2. The summed E-state index contributed by atoms with van der Waals surface area (Å²) in [5.41, 5.74) is 1.36. The number of fused-ring (bicyclic) bond motifs is 1. The number of carbonyl (C=O) groups is 1. The van der Waals surface area contributed by atoms with Gasteiger partial charge in [0.25, 0.3) is 5.56 Å². The molecule has 29 heavy (non-hydrogen) atoms. The molecular weight excluding hydrogens is 406 g/mol. The first-order valence-electron chi connectivity index (χ1n) is 9.81. The van der Waals surface area contributed by atoms with Gasteiger partial charge < -0.3 is 10.1 Å². The number of thioether (sulfide) groups is 1. The van der Waals surface area contributed by atoms with Crippen molar-refractivity contribution in [3.8, 4) is 5.75 Å². The van der Waals surface area contributed by atoms with Crippen molar-refractivity contribution in [2.75, 3.05) is 11.9 Å². The zero-order valence-electron chi connectivity index (χ0n) is 16.4. The number of hydrogen-bond acceptors (Lipinski definition) is 6. The van der Waals surface area contributed by atoms with E-state index in [-0.39, 0.29) is 22.8 Å². The Balaban J connectivity index is 1.60. The summed E-state index contributed by atoms with van der Waals surface area (Å²) in [5.74, 6) is 0.530. The lowest BCUT2D eigenvalue weighted by atomic mass is 10.2. The summed E-state index contributed by atoms with van der Waals surface area (Å²) < 4.78 is 8.08. The van der Waals surface area contributed by atoms with Crippen LogP contribution in [0, 0.1) is 0 Å². The minimum atomic E-state index is -0.363. The maximum absolute atomic E-state index is 13.0. The van der Waals surface area contributed by atoms with Gasteiger partial charge in [-0.3, -0.25) is 14.2 Å². The van der Waals surface area contributed by atoms with Crippen LogP contribution in [0.25, 0.3) is 10.2 Å². The topological polar surface area (TPSA) is 73.2 Å². The zero-order chi connectivity index (χ0) is 20.4. The predicted octanol–water partition coefficient (Wildman–Crippen LogP) is 4.70. The van der Waals surface area contributed by atoms with Gasteiger partial charge in [-0.15, -0.1) is 11.3 Å². The van der Waals surface area contributed by atoms with Crippen molar-refractivity contribution in [1.29, 1.82) is 0 Å². The minimum absolute atomic E-state index is 0.00644. The first kappa shape index (κ1) is 20.0. The first-order valence-corrected chi connectivity index (χ1v) is 11.6. The number of nitrogens with one attached hydrogen (secondary N) is 1. The molecule has 0 bridgehead atoms. The SMILES string of the molecule is CCOc1ccccc1NC(=O)[C@@H](CC)Sc1nc2ccsc2c(=O)n1C1CC1. The number of thiophene rings is 1. The van der Waals surface area contributed by atoms with Gasteiger partial charge in [0.1, 0.15) is 10.4 Å². The molecule has 0 unspecified atom stereocenters. The molecule has 1 aromatic carbocycles. The quantitative estimate of drug-likeness (QED) is 0.415. The van der Waals surface area contributed by atoms with Crippen LogP contribution in [0.3, 0.4) is 0 Å². The van der Waals surface area contributed by atoms with Crippen molar-refractivity contribution in [3.05, 3.63) is 46.1 Å². The number of benzene rings is 1. The maximum Gasteiger partial charge on any atom is 0.272 e. The Labute approximate surface area is 177 Å². The van der Waals surface area contributed by atoms with Gasteiger partial charge in [-0.25, -0.2) is 4.98 Å². The fourth-order valence-corrected chi connectivity index (χ4v) is 5.01. The monoisotopic (exact) mass is 429 g/mol. The number of nitrogens with zero attached hydrogens (tertiary/aromatic N) is 2.